The van der Waals surface area contributed by atoms with Crippen LogP contribution in [0.1, 0.15) is 5.89 Å². The Morgan fingerprint density at radius 3 is 2.42 bits per heavy atom. The predicted octanol–water partition coefficient (Wildman–Crippen LogP) is 2.93. The van der Waals surface area contributed by atoms with E-state index >= 15 is 0 Å². The van der Waals surface area contributed by atoms with Gasteiger partial charge < -0.3 is 4.52 Å². The van der Waals surface area contributed by atoms with Gasteiger partial charge >= 0.3 is 0 Å². The SMILES string of the molecule is ClCc1nc(-c2cccc(-c3ncccn3)c2)no1. The molecule has 0 saturated carbocycles. The van der Waals surface area contributed by atoms with Crippen LogP contribution in [0, 0.1) is 0 Å². The Labute approximate surface area is 114 Å². The van der Waals surface area contributed by atoms with Gasteiger partial charge in [-0.3, -0.25) is 0 Å². The lowest BCUT2D eigenvalue weighted by Crippen LogP contribution is -1.88. The topological polar surface area (TPSA) is 64.7 Å². The van der Waals surface area contributed by atoms with Gasteiger partial charge in [-0.25, -0.2) is 9.97 Å². The van der Waals surface area contributed by atoms with Gasteiger partial charge in [0.05, 0.1) is 0 Å². The van der Waals surface area contributed by atoms with Crippen molar-refractivity contribution in [2.45, 2.75) is 5.88 Å². The Morgan fingerprint density at radius 2 is 1.74 bits per heavy atom. The number of nitrogens with zero attached hydrogens (tertiary/aromatic N) is 4. The number of aromatic nitrogens is 4. The van der Waals surface area contributed by atoms with E-state index in [1.807, 2.05) is 24.3 Å². The van der Waals surface area contributed by atoms with E-state index in [1.54, 1.807) is 18.5 Å². The van der Waals surface area contributed by atoms with Gasteiger partial charge in [0.25, 0.3) is 0 Å². The van der Waals surface area contributed by atoms with Crippen molar-refractivity contribution in [2.24, 2.45) is 0 Å². The molecule has 2 aromatic heterocycles. The number of benzene rings is 1. The first kappa shape index (κ1) is 11.8. The van der Waals surface area contributed by atoms with Crippen LogP contribution in [0.2, 0.25) is 0 Å². The highest BCUT2D eigenvalue weighted by atomic mass is 35.5. The first-order valence-corrected chi connectivity index (χ1v) is 6.16. The van der Waals surface area contributed by atoms with Gasteiger partial charge in [-0.05, 0) is 12.1 Å². The van der Waals surface area contributed by atoms with Gasteiger partial charge in [0.2, 0.25) is 11.7 Å². The first-order valence-electron chi connectivity index (χ1n) is 5.63. The van der Waals surface area contributed by atoms with Crippen LogP contribution in [0.5, 0.6) is 0 Å². The predicted molar refractivity (Wildman–Crippen MR) is 70.3 cm³/mol. The molecule has 0 radical (unpaired) electrons. The zero-order chi connectivity index (χ0) is 13.1. The van der Waals surface area contributed by atoms with Crippen LogP contribution in [-0.4, -0.2) is 20.1 Å². The van der Waals surface area contributed by atoms with Gasteiger partial charge in [-0.15, -0.1) is 11.6 Å². The number of rotatable bonds is 3. The van der Waals surface area contributed by atoms with E-state index in [9.17, 15) is 0 Å². The summed E-state index contributed by atoms with van der Waals surface area (Å²) in [5, 5.41) is 3.88. The Bertz CT molecular complexity index is 684. The smallest absolute Gasteiger partial charge is 0.241 e. The highest BCUT2D eigenvalue weighted by Gasteiger charge is 2.09. The fraction of sp³-hybridized carbons (Fsp3) is 0.0769. The monoisotopic (exact) mass is 272 g/mol. The molecule has 0 aliphatic carbocycles. The first-order chi connectivity index (χ1) is 9.36. The van der Waals surface area contributed by atoms with Gasteiger partial charge in [0.15, 0.2) is 5.82 Å². The molecule has 0 aliphatic heterocycles. The Balaban J connectivity index is 2.00. The summed E-state index contributed by atoms with van der Waals surface area (Å²) in [6, 6.07) is 9.42. The third-order valence-corrected chi connectivity index (χ3v) is 2.76. The highest BCUT2D eigenvalue weighted by molar-refractivity contribution is 6.16. The van der Waals surface area contributed by atoms with Crippen molar-refractivity contribution in [1.29, 1.82) is 0 Å². The second kappa shape index (κ2) is 5.16. The Morgan fingerprint density at radius 1 is 1.00 bits per heavy atom. The molecule has 0 aliphatic rings. The molecule has 1 aromatic carbocycles. The number of halogens is 1. The van der Waals surface area contributed by atoms with Crippen molar-refractivity contribution < 1.29 is 4.52 Å². The minimum absolute atomic E-state index is 0.203. The molecule has 5 nitrogen and oxygen atoms in total. The number of alkyl halides is 1. The minimum Gasteiger partial charge on any atom is -0.338 e. The summed E-state index contributed by atoms with van der Waals surface area (Å²) in [5.74, 6) is 1.77. The molecule has 0 fully saturated rings. The van der Waals surface area contributed by atoms with Gasteiger partial charge in [-0.1, -0.05) is 23.4 Å². The van der Waals surface area contributed by atoms with Gasteiger partial charge in [-0.2, -0.15) is 4.98 Å². The van der Waals surface area contributed by atoms with Crippen LogP contribution in [0.25, 0.3) is 22.8 Å². The fourth-order valence-electron chi connectivity index (χ4n) is 1.67. The molecule has 0 saturated heterocycles. The quantitative estimate of drug-likeness (QED) is 0.686. The normalized spacial score (nSPS) is 10.6. The van der Waals surface area contributed by atoms with Crippen molar-refractivity contribution in [1.82, 2.24) is 20.1 Å². The summed E-state index contributed by atoms with van der Waals surface area (Å²) in [5.41, 5.74) is 1.74. The summed E-state index contributed by atoms with van der Waals surface area (Å²) in [6.45, 7) is 0. The second-order valence-electron chi connectivity index (χ2n) is 3.80. The Kier molecular flexibility index (Phi) is 3.20. The molecule has 2 heterocycles. The van der Waals surface area contributed by atoms with Crippen LogP contribution in [0.3, 0.4) is 0 Å². The van der Waals surface area contributed by atoms with Crippen LogP contribution in [0.15, 0.2) is 47.2 Å². The van der Waals surface area contributed by atoms with Gasteiger partial charge in [0, 0.05) is 23.5 Å². The molecule has 3 rings (SSSR count). The van der Waals surface area contributed by atoms with E-state index in [2.05, 4.69) is 20.1 Å². The summed E-state index contributed by atoms with van der Waals surface area (Å²) < 4.78 is 4.99. The van der Waals surface area contributed by atoms with E-state index in [1.165, 1.54) is 0 Å². The van der Waals surface area contributed by atoms with Crippen LogP contribution in [-0.2, 0) is 5.88 Å². The van der Waals surface area contributed by atoms with Crippen molar-refractivity contribution in [3.8, 4) is 22.8 Å². The van der Waals surface area contributed by atoms with Crippen LogP contribution >= 0.6 is 11.6 Å². The van der Waals surface area contributed by atoms with Crippen molar-refractivity contribution in [3.63, 3.8) is 0 Å². The lowest BCUT2D eigenvalue weighted by Gasteiger charge is -2.00. The fourth-order valence-corrected chi connectivity index (χ4v) is 1.78. The van der Waals surface area contributed by atoms with Crippen LogP contribution in [0.4, 0.5) is 0 Å². The second-order valence-corrected chi connectivity index (χ2v) is 4.07. The molecule has 0 bridgehead atoms. The molecule has 0 amide bonds. The molecular formula is C13H9ClN4O. The molecule has 94 valence electrons. The summed E-state index contributed by atoms with van der Waals surface area (Å²) in [7, 11) is 0. The summed E-state index contributed by atoms with van der Waals surface area (Å²) in [4.78, 5) is 12.6. The van der Waals surface area contributed by atoms with Gasteiger partial charge in [0.1, 0.15) is 5.88 Å². The number of hydrogen-bond acceptors (Lipinski definition) is 5. The zero-order valence-electron chi connectivity index (χ0n) is 9.82. The number of hydrogen-bond donors (Lipinski definition) is 0. The van der Waals surface area contributed by atoms with E-state index < -0.39 is 0 Å². The average molecular weight is 273 g/mol. The lowest BCUT2D eigenvalue weighted by molar-refractivity contribution is 0.391. The minimum atomic E-state index is 0.203. The van der Waals surface area contributed by atoms with Crippen molar-refractivity contribution in [2.75, 3.05) is 0 Å². The van der Waals surface area contributed by atoms with Crippen LogP contribution < -0.4 is 0 Å². The molecular weight excluding hydrogens is 264 g/mol. The van der Waals surface area contributed by atoms with Crippen molar-refractivity contribution in [3.05, 3.63) is 48.6 Å². The third-order valence-electron chi connectivity index (χ3n) is 2.53. The van der Waals surface area contributed by atoms with E-state index in [0.717, 1.165) is 11.1 Å². The molecule has 0 unspecified atom stereocenters. The maximum Gasteiger partial charge on any atom is 0.241 e. The third kappa shape index (κ3) is 2.46. The maximum atomic E-state index is 5.64. The van der Waals surface area contributed by atoms with E-state index in [0.29, 0.717) is 17.5 Å². The molecule has 0 N–H and O–H groups in total. The highest BCUT2D eigenvalue weighted by Crippen LogP contribution is 2.22. The zero-order valence-corrected chi connectivity index (χ0v) is 10.6. The average Bonchev–Trinajstić information content (AvgIpc) is 2.97. The van der Waals surface area contributed by atoms with E-state index in [4.69, 9.17) is 16.1 Å². The molecule has 0 spiro atoms. The summed E-state index contributed by atoms with van der Waals surface area (Å²) in [6.07, 6.45) is 3.41. The maximum absolute atomic E-state index is 5.64. The summed E-state index contributed by atoms with van der Waals surface area (Å²) >= 11 is 5.64. The standard InChI is InChI=1S/C13H9ClN4O/c14-8-11-17-13(18-19-11)10-4-1-3-9(7-10)12-15-5-2-6-16-12/h1-7H,8H2. The molecule has 19 heavy (non-hydrogen) atoms. The lowest BCUT2D eigenvalue weighted by atomic mass is 10.1. The molecule has 0 atom stereocenters. The molecule has 3 aromatic rings. The van der Waals surface area contributed by atoms with Crippen molar-refractivity contribution >= 4 is 11.6 Å². The Hall–Kier alpha value is -2.27. The largest absolute Gasteiger partial charge is 0.338 e. The van der Waals surface area contributed by atoms with E-state index in [-0.39, 0.29) is 5.88 Å². The molecule has 6 heteroatoms.